The highest BCUT2D eigenvalue weighted by atomic mass is 16.7. The van der Waals surface area contributed by atoms with Crippen molar-refractivity contribution in [1.29, 1.82) is 0 Å². The molecule has 98 valence electrons. The molecule has 1 aliphatic heterocycles. The molecule has 1 atom stereocenters. The number of hydrogen-bond donors (Lipinski definition) is 0. The maximum absolute atomic E-state index is 5.68. The summed E-state index contributed by atoms with van der Waals surface area (Å²) in [5.74, 6) is 2.68. The van der Waals surface area contributed by atoms with E-state index in [9.17, 15) is 0 Å². The molecule has 0 aromatic heterocycles. The summed E-state index contributed by atoms with van der Waals surface area (Å²) >= 11 is 0. The quantitative estimate of drug-likeness (QED) is 0.448. The second-order valence-corrected chi connectivity index (χ2v) is 4.74. The standard InChI is InChI=1S/C15H26O2/c1-2-3-4-5-6-7-8-10-13-16-15-12-9-11-14-17-15/h1,15H,3-14H2/t15-/m0/s1. The zero-order valence-electron chi connectivity index (χ0n) is 11.0. The zero-order chi connectivity index (χ0) is 12.2. The first kappa shape index (κ1) is 14.5. The second-order valence-electron chi connectivity index (χ2n) is 4.74. The van der Waals surface area contributed by atoms with Crippen LogP contribution in [0.15, 0.2) is 0 Å². The summed E-state index contributed by atoms with van der Waals surface area (Å²) in [6.45, 7) is 1.73. The van der Waals surface area contributed by atoms with Crippen LogP contribution < -0.4 is 0 Å². The maximum Gasteiger partial charge on any atom is 0.157 e. The molecule has 0 amide bonds. The summed E-state index contributed by atoms with van der Waals surface area (Å²) in [7, 11) is 0. The highest BCUT2D eigenvalue weighted by Gasteiger charge is 2.13. The Bertz CT molecular complexity index is 201. The molecule has 17 heavy (non-hydrogen) atoms. The second kappa shape index (κ2) is 10.6. The minimum atomic E-state index is 0.0828. The highest BCUT2D eigenvalue weighted by molar-refractivity contribution is 4.82. The van der Waals surface area contributed by atoms with Crippen LogP contribution in [-0.4, -0.2) is 19.5 Å². The number of rotatable bonds is 9. The Morgan fingerprint density at radius 2 is 1.82 bits per heavy atom. The minimum Gasteiger partial charge on any atom is -0.353 e. The van der Waals surface area contributed by atoms with Gasteiger partial charge in [0.2, 0.25) is 0 Å². The van der Waals surface area contributed by atoms with Gasteiger partial charge in [-0.05, 0) is 32.1 Å². The van der Waals surface area contributed by atoms with Gasteiger partial charge in [-0.25, -0.2) is 0 Å². The lowest BCUT2D eigenvalue weighted by molar-refractivity contribution is -0.162. The van der Waals surface area contributed by atoms with Gasteiger partial charge < -0.3 is 9.47 Å². The normalized spacial score (nSPS) is 20.1. The molecule has 0 aromatic carbocycles. The van der Waals surface area contributed by atoms with Gasteiger partial charge >= 0.3 is 0 Å². The van der Waals surface area contributed by atoms with E-state index in [1.165, 1.54) is 44.9 Å². The molecule has 0 aliphatic carbocycles. The van der Waals surface area contributed by atoms with Crippen molar-refractivity contribution in [3.63, 3.8) is 0 Å². The van der Waals surface area contributed by atoms with Gasteiger partial charge in [0.05, 0.1) is 0 Å². The zero-order valence-corrected chi connectivity index (χ0v) is 11.0. The van der Waals surface area contributed by atoms with Crippen LogP contribution in [0.1, 0.15) is 64.2 Å². The van der Waals surface area contributed by atoms with Gasteiger partial charge in [-0.2, -0.15) is 0 Å². The first-order chi connectivity index (χ1) is 8.43. The minimum absolute atomic E-state index is 0.0828. The molecule has 0 aromatic rings. The Labute approximate surface area is 106 Å². The van der Waals surface area contributed by atoms with Crippen LogP contribution >= 0.6 is 0 Å². The van der Waals surface area contributed by atoms with E-state index in [4.69, 9.17) is 15.9 Å². The van der Waals surface area contributed by atoms with E-state index in [-0.39, 0.29) is 6.29 Å². The van der Waals surface area contributed by atoms with Crippen LogP contribution in [0.5, 0.6) is 0 Å². The largest absolute Gasteiger partial charge is 0.353 e. The summed E-state index contributed by atoms with van der Waals surface area (Å²) in [6.07, 6.45) is 17.2. The van der Waals surface area contributed by atoms with Crippen molar-refractivity contribution in [3.8, 4) is 12.3 Å². The molecule has 0 unspecified atom stereocenters. The molecule has 0 bridgehead atoms. The lowest BCUT2D eigenvalue weighted by Crippen LogP contribution is -2.22. The molecular formula is C15H26O2. The summed E-state index contributed by atoms with van der Waals surface area (Å²) in [5, 5.41) is 0. The van der Waals surface area contributed by atoms with Crippen LogP contribution in [0.25, 0.3) is 0 Å². The van der Waals surface area contributed by atoms with Gasteiger partial charge in [0.15, 0.2) is 6.29 Å². The molecule has 2 heteroatoms. The SMILES string of the molecule is C#CCCCCCCCCO[C@@H]1CCCCO1. The highest BCUT2D eigenvalue weighted by Crippen LogP contribution is 2.14. The molecule has 0 N–H and O–H groups in total. The molecule has 2 nitrogen and oxygen atoms in total. The first-order valence-corrected chi connectivity index (χ1v) is 7.10. The van der Waals surface area contributed by atoms with Crippen LogP contribution in [-0.2, 0) is 9.47 Å². The van der Waals surface area contributed by atoms with E-state index < -0.39 is 0 Å². The molecule has 1 aliphatic rings. The van der Waals surface area contributed by atoms with Crippen molar-refractivity contribution in [2.24, 2.45) is 0 Å². The third-order valence-electron chi connectivity index (χ3n) is 3.16. The molecule has 1 fully saturated rings. The Morgan fingerprint density at radius 3 is 2.53 bits per heavy atom. The third-order valence-corrected chi connectivity index (χ3v) is 3.16. The number of ether oxygens (including phenoxy) is 2. The van der Waals surface area contributed by atoms with Crippen LogP contribution in [0.3, 0.4) is 0 Å². The smallest absolute Gasteiger partial charge is 0.157 e. The van der Waals surface area contributed by atoms with Crippen molar-refractivity contribution in [2.45, 2.75) is 70.5 Å². The maximum atomic E-state index is 5.68. The summed E-state index contributed by atoms with van der Waals surface area (Å²) in [4.78, 5) is 0. The fourth-order valence-corrected chi connectivity index (χ4v) is 2.09. The third kappa shape index (κ3) is 8.24. The Hall–Kier alpha value is -0.520. The molecule has 1 saturated heterocycles. The average Bonchev–Trinajstić information content (AvgIpc) is 2.38. The van der Waals surface area contributed by atoms with Gasteiger partial charge in [-0.15, -0.1) is 12.3 Å². The lowest BCUT2D eigenvalue weighted by atomic mass is 10.1. The van der Waals surface area contributed by atoms with Crippen molar-refractivity contribution < 1.29 is 9.47 Å². The molecule has 0 saturated carbocycles. The number of unbranched alkanes of at least 4 members (excludes halogenated alkanes) is 6. The summed E-state index contributed by atoms with van der Waals surface area (Å²) < 4.78 is 11.2. The molecule has 1 heterocycles. The number of hydrogen-bond acceptors (Lipinski definition) is 2. The van der Waals surface area contributed by atoms with Crippen LogP contribution in [0.2, 0.25) is 0 Å². The Kier molecular flexibility index (Phi) is 9.09. The van der Waals surface area contributed by atoms with E-state index in [0.717, 1.165) is 32.5 Å². The molecular weight excluding hydrogens is 212 g/mol. The molecule has 0 radical (unpaired) electrons. The topological polar surface area (TPSA) is 18.5 Å². The molecule has 0 spiro atoms. The van der Waals surface area contributed by atoms with Crippen molar-refractivity contribution >= 4 is 0 Å². The van der Waals surface area contributed by atoms with Gasteiger partial charge in [-0.3, -0.25) is 0 Å². The van der Waals surface area contributed by atoms with Gasteiger partial charge in [0, 0.05) is 19.6 Å². The average molecular weight is 238 g/mol. The number of terminal acetylenes is 1. The summed E-state index contributed by atoms with van der Waals surface area (Å²) in [6, 6.07) is 0. The van der Waals surface area contributed by atoms with Gasteiger partial charge in [-0.1, -0.05) is 25.7 Å². The van der Waals surface area contributed by atoms with Gasteiger partial charge in [0.1, 0.15) is 0 Å². The van der Waals surface area contributed by atoms with Crippen LogP contribution in [0.4, 0.5) is 0 Å². The van der Waals surface area contributed by atoms with E-state index in [2.05, 4.69) is 5.92 Å². The first-order valence-electron chi connectivity index (χ1n) is 7.10. The predicted octanol–water partition coefficient (Wildman–Crippen LogP) is 3.89. The van der Waals surface area contributed by atoms with Crippen LogP contribution in [0, 0.1) is 12.3 Å². The fraction of sp³-hybridized carbons (Fsp3) is 0.867. The Balaban J connectivity index is 1.76. The van der Waals surface area contributed by atoms with E-state index in [1.807, 2.05) is 0 Å². The van der Waals surface area contributed by atoms with E-state index in [0.29, 0.717) is 0 Å². The van der Waals surface area contributed by atoms with E-state index >= 15 is 0 Å². The van der Waals surface area contributed by atoms with E-state index in [1.54, 1.807) is 0 Å². The molecule has 1 rings (SSSR count). The lowest BCUT2D eigenvalue weighted by Gasteiger charge is -2.22. The van der Waals surface area contributed by atoms with Crippen molar-refractivity contribution in [3.05, 3.63) is 0 Å². The monoisotopic (exact) mass is 238 g/mol. The van der Waals surface area contributed by atoms with Crippen molar-refractivity contribution in [2.75, 3.05) is 13.2 Å². The fourth-order valence-electron chi connectivity index (χ4n) is 2.09. The Morgan fingerprint density at radius 1 is 1.06 bits per heavy atom. The summed E-state index contributed by atoms with van der Waals surface area (Å²) in [5.41, 5.74) is 0. The van der Waals surface area contributed by atoms with Gasteiger partial charge in [0.25, 0.3) is 0 Å². The predicted molar refractivity (Wildman–Crippen MR) is 70.7 cm³/mol. The van der Waals surface area contributed by atoms with Crippen molar-refractivity contribution in [1.82, 2.24) is 0 Å².